The minimum Gasteiger partial charge on any atom is -0.495 e. The minimum atomic E-state index is -0.443. The molecule has 0 aliphatic heterocycles. The number of hydrogen-bond acceptors (Lipinski definition) is 4. The number of rotatable bonds is 6. The van der Waals surface area contributed by atoms with Gasteiger partial charge in [-0.15, -0.1) is 0 Å². The van der Waals surface area contributed by atoms with E-state index in [9.17, 15) is 14.4 Å². The van der Waals surface area contributed by atoms with Gasteiger partial charge in [-0.2, -0.15) is 0 Å². The first-order valence-electron chi connectivity index (χ1n) is 8.21. The Morgan fingerprint density at radius 1 is 0.963 bits per heavy atom. The molecule has 0 aliphatic carbocycles. The highest BCUT2D eigenvalue weighted by molar-refractivity contribution is 5.98. The summed E-state index contributed by atoms with van der Waals surface area (Å²) in [5.41, 5.74) is 1.60. The van der Waals surface area contributed by atoms with Crippen LogP contribution in [0.3, 0.4) is 0 Å². The molecular weight excluding hydrogens is 348 g/mol. The molecule has 2 aromatic carbocycles. The number of para-hydroxylation sites is 2. The number of methoxy groups -OCH3 is 1. The van der Waals surface area contributed by atoms with E-state index in [0.29, 0.717) is 22.8 Å². The molecule has 0 heterocycles. The maximum absolute atomic E-state index is 12.3. The van der Waals surface area contributed by atoms with Crippen LogP contribution in [0.4, 0.5) is 21.9 Å². The van der Waals surface area contributed by atoms with Crippen LogP contribution >= 0.6 is 0 Å². The lowest BCUT2D eigenvalue weighted by Gasteiger charge is -2.18. The van der Waals surface area contributed by atoms with Gasteiger partial charge in [0.15, 0.2) is 0 Å². The van der Waals surface area contributed by atoms with E-state index in [1.165, 1.54) is 26.0 Å². The van der Waals surface area contributed by atoms with Gasteiger partial charge in [-0.25, -0.2) is 4.79 Å². The third kappa shape index (κ3) is 6.03. The van der Waals surface area contributed by atoms with E-state index in [0.717, 1.165) is 0 Å². The summed E-state index contributed by atoms with van der Waals surface area (Å²) in [5.74, 6) is -0.0441. The van der Waals surface area contributed by atoms with Crippen molar-refractivity contribution >= 4 is 34.9 Å². The molecule has 2 rings (SSSR count). The first kappa shape index (κ1) is 19.8. The molecule has 0 atom stereocenters. The van der Waals surface area contributed by atoms with E-state index >= 15 is 0 Å². The highest BCUT2D eigenvalue weighted by Crippen LogP contribution is 2.23. The fraction of sp³-hybridized carbons (Fsp3) is 0.211. The second-order valence-electron chi connectivity index (χ2n) is 5.80. The first-order chi connectivity index (χ1) is 12.9. The largest absolute Gasteiger partial charge is 0.495 e. The summed E-state index contributed by atoms with van der Waals surface area (Å²) in [5, 5.41) is 8.03. The van der Waals surface area contributed by atoms with Crippen LogP contribution in [0.5, 0.6) is 5.75 Å². The van der Waals surface area contributed by atoms with E-state index in [4.69, 9.17) is 4.74 Å². The standard InChI is InChI=1S/C19H22N4O4/c1-13(24)20-14-7-6-8-15(11-14)21-18(25)12-23(2)19(26)22-16-9-4-5-10-17(16)27-3/h4-11H,12H2,1-3H3,(H,20,24)(H,21,25)(H,22,26). The fourth-order valence-corrected chi connectivity index (χ4v) is 2.32. The number of benzene rings is 2. The summed E-state index contributed by atoms with van der Waals surface area (Å²) in [6.07, 6.45) is 0. The normalized spacial score (nSPS) is 9.89. The summed E-state index contributed by atoms with van der Waals surface area (Å²) in [7, 11) is 3.02. The number of urea groups is 1. The monoisotopic (exact) mass is 370 g/mol. The zero-order valence-corrected chi connectivity index (χ0v) is 15.4. The molecule has 0 aromatic heterocycles. The second kappa shape index (κ2) is 9.23. The summed E-state index contributed by atoms with van der Waals surface area (Å²) >= 11 is 0. The number of nitrogens with one attached hydrogen (secondary N) is 3. The smallest absolute Gasteiger partial charge is 0.322 e. The van der Waals surface area contributed by atoms with Gasteiger partial charge < -0.3 is 25.6 Å². The number of ether oxygens (including phenoxy) is 1. The van der Waals surface area contributed by atoms with Crippen LogP contribution in [0.25, 0.3) is 0 Å². The molecule has 0 radical (unpaired) electrons. The molecule has 0 fully saturated rings. The maximum Gasteiger partial charge on any atom is 0.322 e. The highest BCUT2D eigenvalue weighted by atomic mass is 16.5. The van der Waals surface area contributed by atoms with Gasteiger partial charge in [0.05, 0.1) is 12.8 Å². The van der Waals surface area contributed by atoms with Crippen molar-refractivity contribution in [2.45, 2.75) is 6.92 Å². The van der Waals surface area contributed by atoms with Gasteiger partial charge >= 0.3 is 6.03 Å². The van der Waals surface area contributed by atoms with Crippen LogP contribution in [-0.4, -0.2) is 43.4 Å². The summed E-state index contributed by atoms with van der Waals surface area (Å²) in [4.78, 5) is 36.8. The summed E-state index contributed by atoms with van der Waals surface area (Å²) in [6.45, 7) is 1.26. The van der Waals surface area contributed by atoms with Gasteiger partial charge in [0.2, 0.25) is 11.8 Å². The van der Waals surface area contributed by atoms with E-state index in [2.05, 4.69) is 16.0 Å². The molecule has 142 valence electrons. The SMILES string of the molecule is COc1ccccc1NC(=O)N(C)CC(=O)Nc1cccc(NC(C)=O)c1. The molecule has 4 amide bonds. The van der Waals surface area contributed by atoms with Crippen molar-refractivity contribution in [1.29, 1.82) is 0 Å². The van der Waals surface area contributed by atoms with Gasteiger partial charge in [0.25, 0.3) is 0 Å². The van der Waals surface area contributed by atoms with Crippen LogP contribution in [0.15, 0.2) is 48.5 Å². The van der Waals surface area contributed by atoms with Crippen molar-refractivity contribution in [3.63, 3.8) is 0 Å². The van der Waals surface area contributed by atoms with Crippen molar-refractivity contribution in [3.8, 4) is 5.75 Å². The second-order valence-corrected chi connectivity index (χ2v) is 5.80. The third-order valence-electron chi connectivity index (χ3n) is 3.54. The van der Waals surface area contributed by atoms with Crippen molar-refractivity contribution < 1.29 is 19.1 Å². The lowest BCUT2D eigenvalue weighted by atomic mass is 10.2. The van der Waals surface area contributed by atoms with Gasteiger partial charge in [-0.05, 0) is 30.3 Å². The summed E-state index contributed by atoms with van der Waals surface area (Å²) in [6, 6.07) is 13.3. The Bertz CT molecular complexity index is 838. The molecule has 8 heteroatoms. The molecule has 8 nitrogen and oxygen atoms in total. The van der Waals surface area contributed by atoms with Crippen LogP contribution < -0.4 is 20.7 Å². The predicted molar refractivity (Wildman–Crippen MR) is 104 cm³/mol. The lowest BCUT2D eigenvalue weighted by molar-refractivity contribution is -0.116. The minimum absolute atomic E-state index is 0.147. The molecule has 0 bridgehead atoms. The number of nitrogens with zero attached hydrogens (tertiary/aromatic N) is 1. The quantitative estimate of drug-likeness (QED) is 0.728. The number of likely N-dealkylation sites (N-methyl/N-ethyl adjacent to an activating group) is 1. The maximum atomic E-state index is 12.3. The number of amides is 4. The predicted octanol–water partition coefficient (Wildman–Crippen LogP) is 2.76. The Morgan fingerprint density at radius 3 is 2.30 bits per heavy atom. The molecule has 2 aromatic rings. The molecule has 0 spiro atoms. The number of carbonyl (C=O) groups excluding carboxylic acids is 3. The van der Waals surface area contributed by atoms with Gasteiger partial charge in [0.1, 0.15) is 12.3 Å². The van der Waals surface area contributed by atoms with Crippen LogP contribution in [-0.2, 0) is 9.59 Å². The van der Waals surface area contributed by atoms with Crippen LogP contribution in [0.2, 0.25) is 0 Å². The average Bonchev–Trinajstić information content (AvgIpc) is 2.61. The Labute approximate surface area is 157 Å². The summed E-state index contributed by atoms with van der Waals surface area (Å²) < 4.78 is 5.18. The molecule has 27 heavy (non-hydrogen) atoms. The highest BCUT2D eigenvalue weighted by Gasteiger charge is 2.15. The van der Waals surface area contributed by atoms with E-state index in [1.54, 1.807) is 48.5 Å². The molecule has 0 saturated heterocycles. The lowest BCUT2D eigenvalue weighted by Crippen LogP contribution is -2.37. The Balaban J connectivity index is 1.93. The Morgan fingerprint density at radius 2 is 1.63 bits per heavy atom. The molecule has 0 aliphatic rings. The Kier molecular flexibility index (Phi) is 6.76. The van der Waals surface area contributed by atoms with Crippen LogP contribution in [0, 0.1) is 0 Å². The molecular formula is C19H22N4O4. The first-order valence-corrected chi connectivity index (χ1v) is 8.21. The average molecular weight is 370 g/mol. The van der Waals surface area contributed by atoms with E-state index < -0.39 is 6.03 Å². The molecule has 0 unspecified atom stereocenters. The zero-order chi connectivity index (χ0) is 19.8. The van der Waals surface area contributed by atoms with Crippen molar-refractivity contribution in [2.24, 2.45) is 0 Å². The van der Waals surface area contributed by atoms with E-state index in [-0.39, 0.29) is 18.4 Å². The van der Waals surface area contributed by atoms with Crippen molar-refractivity contribution in [3.05, 3.63) is 48.5 Å². The van der Waals surface area contributed by atoms with Crippen LogP contribution in [0.1, 0.15) is 6.92 Å². The molecule has 3 N–H and O–H groups in total. The number of carbonyl (C=O) groups is 3. The van der Waals surface area contributed by atoms with Gasteiger partial charge in [-0.1, -0.05) is 18.2 Å². The van der Waals surface area contributed by atoms with Gasteiger partial charge in [-0.3, -0.25) is 9.59 Å². The number of anilines is 3. The third-order valence-corrected chi connectivity index (χ3v) is 3.54. The van der Waals surface area contributed by atoms with E-state index in [1.807, 2.05) is 0 Å². The fourth-order valence-electron chi connectivity index (χ4n) is 2.32. The van der Waals surface area contributed by atoms with Gasteiger partial charge in [0, 0.05) is 25.3 Å². The zero-order valence-electron chi connectivity index (χ0n) is 15.4. The number of hydrogen-bond donors (Lipinski definition) is 3. The van der Waals surface area contributed by atoms with Crippen molar-refractivity contribution in [1.82, 2.24) is 4.90 Å². The molecule has 0 saturated carbocycles. The van der Waals surface area contributed by atoms with Crippen molar-refractivity contribution in [2.75, 3.05) is 36.7 Å². The Hall–Kier alpha value is -3.55. The topological polar surface area (TPSA) is 99.8 Å².